The highest BCUT2D eigenvalue weighted by Gasteiger charge is 2.06. The molecule has 0 atom stereocenters. The molecule has 0 aliphatic carbocycles. The van der Waals surface area contributed by atoms with Gasteiger partial charge in [-0.1, -0.05) is 24.3 Å². The number of aromatic nitrogens is 2. The van der Waals surface area contributed by atoms with Gasteiger partial charge in [-0.2, -0.15) is 8.78 Å². The zero-order chi connectivity index (χ0) is 16.2. The van der Waals surface area contributed by atoms with Crippen molar-refractivity contribution in [1.82, 2.24) is 9.97 Å². The molecule has 0 radical (unpaired) electrons. The first-order chi connectivity index (χ1) is 11.1. The maximum Gasteiger partial charge on any atom is 0.387 e. The third kappa shape index (κ3) is 3.63. The second kappa shape index (κ2) is 6.43. The second-order valence-electron chi connectivity index (χ2n) is 4.81. The summed E-state index contributed by atoms with van der Waals surface area (Å²) in [7, 11) is 0. The van der Waals surface area contributed by atoms with Crippen molar-refractivity contribution in [3.63, 3.8) is 0 Å². The number of H-pyrrole nitrogens is 1. The number of anilines is 1. The number of alkyl halides is 2. The van der Waals surface area contributed by atoms with Gasteiger partial charge in [0, 0.05) is 6.54 Å². The highest BCUT2D eigenvalue weighted by molar-refractivity contribution is 5.78. The van der Waals surface area contributed by atoms with E-state index in [0.717, 1.165) is 5.56 Å². The van der Waals surface area contributed by atoms with Crippen LogP contribution in [0.2, 0.25) is 0 Å². The summed E-state index contributed by atoms with van der Waals surface area (Å²) < 4.78 is 28.8. The first-order valence-corrected chi connectivity index (χ1v) is 6.88. The van der Waals surface area contributed by atoms with E-state index in [4.69, 9.17) is 0 Å². The maximum absolute atomic E-state index is 12.2. The molecule has 0 fully saturated rings. The van der Waals surface area contributed by atoms with Crippen molar-refractivity contribution in [2.75, 3.05) is 5.32 Å². The molecule has 0 aliphatic heterocycles. The molecule has 0 aliphatic rings. The summed E-state index contributed by atoms with van der Waals surface area (Å²) in [6, 6.07) is 13.3. The fraction of sp³-hybridized carbons (Fsp3) is 0.125. The molecule has 7 heteroatoms. The molecule has 2 N–H and O–H groups in total. The Balaban J connectivity index is 1.77. The van der Waals surface area contributed by atoms with Gasteiger partial charge in [-0.15, -0.1) is 0 Å². The number of fused-ring (bicyclic) bond motifs is 1. The number of hydrogen-bond acceptors (Lipinski definition) is 4. The molecule has 0 unspecified atom stereocenters. The number of hydrogen-bond donors (Lipinski definition) is 2. The van der Waals surface area contributed by atoms with Crippen LogP contribution in [0, 0.1) is 0 Å². The molecular weight excluding hydrogens is 304 g/mol. The molecule has 0 bridgehead atoms. The van der Waals surface area contributed by atoms with Crippen LogP contribution in [-0.4, -0.2) is 16.6 Å². The van der Waals surface area contributed by atoms with Gasteiger partial charge in [-0.3, -0.25) is 9.78 Å². The summed E-state index contributed by atoms with van der Waals surface area (Å²) in [6.07, 6.45) is 0. The van der Waals surface area contributed by atoms with Gasteiger partial charge >= 0.3 is 6.61 Å². The fourth-order valence-electron chi connectivity index (χ4n) is 2.19. The molecular formula is C16H13F2N3O2. The normalized spacial score (nSPS) is 10.9. The zero-order valence-electron chi connectivity index (χ0n) is 11.9. The Morgan fingerprint density at radius 1 is 1.17 bits per heavy atom. The molecule has 3 rings (SSSR count). The van der Waals surface area contributed by atoms with E-state index in [-0.39, 0.29) is 11.3 Å². The number of nitrogens with zero attached hydrogens (tertiary/aromatic N) is 1. The number of halogens is 2. The summed E-state index contributed by atoms with van der Waals surface area (Å²) in [5, 5.41) is 3.47. The highest BCUT2D eigenvalue weighted by Crippen LogP contribution is 2.16. The number of benzene rings is 2. The standard InChI is InChI=1S/C16H13F2N3O2/c17-15(18)23-11-5-3-4-10(8-11)9-19-16-20-13-7-2-1-6-12(13)14(22)21-16/h1-8,15H,9H2,(H2,19,20,21,22). The summed E-state index contributed by atoms with van der Waals surface area (Å²) in [6.45, 7) is -2.56. The second-order valence-corrected chi connectivity index (χ2v) is 4.81. The Morgan fingerprint density at radius 3 is 2.83 bits per heavy atom. The molecule has 1 heterocycles. The lowest BCUT2D eigenvalue weighted by molar-refractivity contribution is -0.0498. The molecule has 0 amide bonds. The third-order valence-corrected chi connectivity index (χ3v) is 3.20. The lowest BCUT2D eigenvalue weighted by atomic mass is 10.2. The Hall–Kier alpha value is -2.96. The fourth-order valence-corrected chi connectivity index (χ4v) is 2.19. The molecule has 1 aromatic heterocycles. The van der Waals surface area contributed by atoms with E-state index in [1.807, 2.05) is 0 Å². The van der Waals surface area contributed by atoms with Gasteiger partial charge in [0.2, 0.25) is 5.95 Å². The van der Waals surface area contributed by atoms with Crippen molar-refractivity contribution in [3.05, 3.63) is 64.4 Å². The van der Waals surface area contributed by atoms with Gasteiger partial charge in [0.15, 0.2) is 0 Å². The van der Waals surface area contributed by atoms with E-state index in [1.165, 1.54) is 12.1 Å². The predicted molar refractivity (Wildman–Crippen MR) is 82.8 cm³/mol. The Morgan fingerprint density at radius 2 is 2.00 bits per heavy atom. The molecule has 0 saturated carbocycles. The monoisotopic (exact) mass is 317 g/mol. The van der Waals surface area contributed by atoms with Crippen LogP contribution in [0.5, 0.6) is 5.75 Å². The Kier molecular flexibility index (Phi) is 4.18. The first kappa shape index (κ1) is 15.0. The van der Waals surface area contributed by atoms with E-state index in [1.54, 1.807) is 36.4 Å². The minimum Gasteiger partial charge on any atom is -0.435 e. The highest BCUT2D eigenvalue weighted by atomic mass is 19.3. The van der Waals surface area contributed by atoms with Crippen LogP contribution in [0.4, 0.5) is 14.7 Å². The third-order valence-electron chi connectivity index (χ3n) is 3.20. The molecule has 5 nitrogen and oxygen atoms in total. The van der Waals surface area contributed by atoms with E-state index in [9.17, 15) is 13.6 Å². The maximum atomic E-state index is 12.2. The number of para-hydroxylation sites is 1. The van der Waals surface area contributed by atoms with Crippen LogP contribution in [0.25, 0.3) is 10.9 Å². The van der Waals surface area contributed by atoms with Crippen molar-refractivity contribution in [2.45, 2.75) is 13.2 Å². The number of rotatable bonds is 5. The molecule has 23 heavy (non-hydrogen) atoms. The lowest BCUT2D eigenvalue weighted by Crippen LogP contribution is -2.13. The van der Waals surface area contributed by atoms with Gasteiger partial charge < -0.3 is 10.1 Å². The largest absolute Gasteiger partial charge is 0.435 e. The van der Waals surface area contributed by atoms with E-state index < -0.39 is 6.61 Å². The Labute approximate surface area is 129 Å². The summed E-state index contributed by atoms with van der Waals surface area (Å²) in [5.74, 6) is 0.396. The average Bonchev–Trinajstić information content (AvgIpc) is 2.53. The van der Waals surface area contributed by atoms with Gasteiger partial charge in [0.1, 0.15) is 5.75 Å². The molecule has 0 saturated heterocycles. The number of aromatic amines is 1. The van der Waals surface area contributed by atoms with Crippen molar-refractivity contribution >= 4 is 16.9 Å². The molecule has 2 aromatic carbocycles. The van der Waals surface area contributed by atoms with Crippen LogP contribution in [0.15, 0.2) is 53.3 Å². The van der Waals surface area contributed by atoms with Crippen molar-refractivity contribution in [3.8, 4) is 5.75 Å². The predicted octanol–water partition coefficient (Wildman–Crippen LogP) is 3.14. The van der Waals surface area contributed by atoms with E-state index in [0.29, 0.717) is 23.4 Å². The smallest absolute Gasteiger partial charge is 0.387 e. The summed E-state index contributed by atoms with van der Waals surface area (Å²) in [5.41, 5.74) is 1.06. The lowest BCUT2D eigenvalue weighted by Gasteiger charge is -2.09. The quantitative estimate of drug-likeness (QED) is 0.758. The number of ether oxygens (including phenoxy) is 1. The van der Waals surface area contributed by atoms with Crippen LogP contribution in [-0.2, 0) is 6.54 Å². The first-order valence-electron chi connectivity index (χ1n) is 6.88. The topological polar surface area (TPSA) is 67.0 Å². The van der Waals surface area contributed by atoms with Gasteiger partial charge in [0.05, 0.1) is 10.9 Å². The zero-order valence-corrected chi connectivity index (χ0v) is 11.9. The molecule has 0 spiro atoms. The molecule has 3 aromatic rings. The summed E-state index contributed by atoms with van der Waals surface area (Å²) >= 11 is 0. The average molecular weight is 317 g/mol. The van der Waals surface area contributed by atoms with Crippen LogP contribution >= 0.6 is 0 Å². The number of nitrogens with one attached hydrogen (secondary N) is 2. The summed E-state index contributed by atoms with van der Waals surface area (Å²) in [4.78, 5) is 18.9. The SMILES string of the molecule is O=c1[nH]c(NCc2cccc(OC(F)F)c2)nc2ccccc12. The minimum absolute atomic E-state index is 0.0827. The van der Waals surface area contributed by atoms with Crippen molar-refractivity contribution in [2.24, 2.45) is 0 Å². The van der Waals surface area contributed by atoms with Crippen LogP contribution < -0.4 is 15.6 Å². The van der Waals surface area contributed by atoms with Gasteiger partial charge in [0.25, 0.3) is 5.56 Å². The van der Waals surface area contributed by atoms with E-state index in [2.05, 4.69) is 20.0 Å². The van der Waals surface area contributed by atoms with Crippen LogP contribution in [0.1, 0.15) is 5.56 Å². The van der Waals surface area contributed by atoms with Crippen molar-refractivity contribution in [1.29, 1.82) is 0 Å². The van der Waals surface area contributed by atoms with Gasteiger partial charge in [-0.25, -0.2) is 4.98 Å². The van der Waals surface area contributed by atoms with Crippen LogP contribution in [0.3, 0.4) is 0 Å². The van der Waals surface area contributed by atoms with Gasteiger partial charge in [-0.05, 0) is 29.8 Å². The molecule has 118 valence electrons. The Bertz CT molecular complexity index is 880. The van der Waals surface area contributed by atoms with E-state index >= 15 is 0 Å². The van der Waals surface area contributed by atoms with Crippen molar-refractivity contribution < 1.29 is 13.5 Å². The minimum atomic E-state index is -2.86.